The van der Waals surface area contributed by atoms with E-state index in [-0.39, 0.29) is 16.7 Å². The third-order valence-corrected chi connectivity index (χ3v) is 4.84. The van der Waals surface area contributed by atoms with Crippen molar-refractivity contribution in [2.45, 2.75) is 51.2 Å². The van der Waals surface area contributed by atoms with Crippen molar-refractivity contribution in [3.05, 3.63) is 29.0 Å². The Balaban J connectivity index is 2.08. The maximum atomic E-state index is 13.2. The molecular formula is C16H23NO3. The number of piperidine rings is 1. The molecular weight excluding hydrogens is 254 g/mol. The van der Waals surface area contributed by atoms with Gasteiger partial charge in [0.05, 0.1) is 13.1 Å². The van der Waals surface area contributed by atoms with E-state index >= 15 is 0 Å². The Labute approximate surface area is 120 Å². The molecule has 0 bridgehead atoms. The molecule has 3 heterocycles. The fourth-order valence-corrected chi connectivity index (χ4v) is 4.17. The Morgan fingerprint density at radius 3 is 3.05 bits per heavy atom. The third kappa shape index (κ3) is 2.02. The number of hydrogen-bond donors (Lipinski definition) is 0. The molecule has 4 heteroatoms. The molecule has 0 saturated carbocycles. The van der Waals surface area contributed by atoms with E-state index in [0.29, 0.717) is 19.0 Å². The lowest BCUT2D eigenvalue weighted by molar-refractivity contribution is -0.911. The number of rotatable bonds is 2. The lowest BCUT2D eigenvalue weighted by Gasteiger charge is -2.55. The number of fused-ring (bicyclic) bond motifs is 3. The number of hydrogen-bond acceptors (Lipinski definition) is 3. The summed E-state index contributed by atoms with van der Waals surface area (Å²) in [5, 5.41) is 13.2. The minimum absolute atomic E-state index is 0.147. The second-order valence-electron chi connectivity index (χ2n) is 6.78. The largest absolute Gasteiger partial charge is 0.632 e. The van der Waals surface area contributed by atoms with E-state index in [1.54, 1.807) is 6.08 Å². The molecule has 0 spiro atoms. The maximum absolute atomic E-state index is 13.2. The topological polar surface area (TPSA) is 49.4 Å². The zero-order valence-corrected chi connectivity index (χ0v) is 12.3. The van der Waals surface area contributed by atoms with Crippen molar-refractivity contribution in [2.24, 2.45) is 5.92 Å². The molecule has 0 amide bonds. The highest BCUT2D eigenvalue weighted by atomic mass is 16.6. The molecule has 3 aliphatic rings. The molecule has 0 aromatic carbocycles. The number of hydroxylamine groups is 3. The molecule has 3 rings (SSSR count). The highest BCUT2D eigenvalue weighted by Gasteiger charge is 2.56. The summed E-state index contributed by atoms with van der Waals surface area (Å²) in [6.45, 7) is 5.38. The van der Waals surface area contributed by atoms with Gasteiger partial charge in [-0.15, -0.1) is 0 Å². The van der Waals surface area contributed by atoms with Crippen molar-refractivity contribution in [2.75, 3.05) is 13.1 Å². The summed E-state index contributed by atoms with van der Waals surface area (Å²) in [5.41, 5.74) is 0.222. The van der Waals surface area contributed by atoms with Crippen LogP contribution in [-0.4, -0.2) is 35.3 Å². The van der Waals surface area contributed by atoms with E-state index in [0.717, 1.165) is 31.3 Å². The fraction of sp³-hybridized carbons (Fsp3) is 0.688. The lowest BCUT2D eigenvalue weighted by Crippen LogP contribution is -2.64. The van der Waals surface area contributed by atoms with Gasteiger partial charge in [-0.2, -0.15) is 0 Å². The molecule has 3 atom stereocenters. The van der Waals surface area contributed by atoms with Crippen LogP contribution in [-0.2, 0) is 9.53 Å². The van der Waals surface area contributed by atoms with Crippen LogP contribution in [0.15, 0.2) is 23.8 Å². The summed E-state index contributed by atoms with van der Waals surface area (Å²) in [4.78, 5) is 11.8. The molecule has 1 saturated heterocycles. The first-order valence-electron chi connectivity index (χ1n) is 7.66. The van der Waals surface area contributed by atoms with Gasteiger partial charge in [0.25, 0.3) is 0 Å². The van der Waals surface area contributed by atoms with Gasteiger partial charge in [-0.05, 0) is 31.3 Å². The highest BCUT2D eigenvalue weighted by molar-refractivity contribution is 5.88. The first kappa shape index (κ1) is 13.8. The smallest absolute Gasteiger partial charge is 0.332 e. The van der Waals surface area contributed by atoms with Crippen molar-refractivity contribution in [1.82, 2.24) is 0 Å². The van der Waals surface area contributed by atoms with Crippen LogP contribution < -0.4 is 0 Å². The summed E-state index contributed by atoms with van der Waals surface area (Å²) < 4.78 is 5.55. The first-order chi connectivity index (χ1) is 9.46. The number of carbonyl (C=O) groups is 1. The van der Waals surface area contributed by atoms with Crippen LogP contribution in [0.3, 0.4) is 0 Å². The molecule has 110 valence electrons. The third-order valence-electron chi connectivity index (χ3n) is 4.84. The summed E-state index contributed by atoms with van der Waals surface area (Å²) >= 11 is 0. The van der Waals surface area contributed by atoms with E-state index in [1.165, 1.54) is 0 Å². The Morgan fingerprint density at radius 2 is 2.30 bits per heavy atom. The molecule has 4 nitrogen and oxygen atoms in total. The van der Waals surface area contributed by atoms with Gasteiger partial charge < -0.3 is 14.6 Å². The van der Waals surface area contributed by atoms with Gasteiger partial charge in [-0.3, -0.25) is 0 Å². The SMILES string of the molecule is CC(C)C[C@]12OC(=O)C=C1C=CC[N+]1([O-])CCCC[C@H]21. The predicted octanol–water partition coefficient (Wildman–Crippen LogP) is 2.69. The van der Waals surface area contributed by atoms with Gasteiger partial charge in [0.2, 0.25) is 0 Å². The van der Waals surface area contributed by atoms with Crippen molar-refractivity contribution >= 4 is 5.97 Å². The minimum Gasteiger partial charge on any atom is -0.632 e. The van der Waals surface area contributed by atoms with Crippen molar-refractivity contribution < 1.29 is 14.2 Å². The molecule has 0 radical (unpaired) electrons. The Bertz CT molecular complexity index is 482. The van der Waals surface area contributed by atoms with Crippen LogP contribution in [0.1, 0.15) is 39.5 Å². The maximum Gasteiger partial charge on any atom is 0.332 e. The van der Waals surface area contributed by atoms with E-state index in [1.807, 2.05) is 12.2 Å². The lowest BCUT2D eigenvalue weighted by atomic mass is 9.76. The van der Waals surface area contributed by atoms with Gasteiger partial charge in [0.1, 0.15) is 6.04 Å². The predicted molar refractivity (Wildman–Crippen MR) is 76.5 cm³/mol. The van der Waals surface area contributed by atoms with E-state index < -0.39 is 5.60 Å². The van der Waals surface area contributed by atoms with Gasteiger partial charge in [-0.25, -0.2) is 4.79 Å². The quantitative estimate of drug-likeness (QED) is 0.443. The second-order valence-corrected chi connectivity index (χ2v) is 6.78. The summed E-state index contributed by atoms with van der Waals surface area (Å²) in [6, 6.07) is -0.147. The molecule has 0 aromatic heterocycles. The summed E-state index contributed by atoms with van der Waals surface area (Å²) in [6.07, 6.45) is 9.08. The van der Waals surface area contributed by atoms with Crippen LogP contribution >= 0.6 is 0 Å². The normalized spacial score (nSPS) is 39.9. The average molecular weight is 277 g/mol. The van der Waals surface area contributed by atoms with Crippen molar-refractivity contribution in [3.8, 4) is 0 Å². The number of quaternary nitrogens is 1. The number of nitrogens with zero attached hydrogens (tertiary/aromatic N) is 1. The van der Waals surface area contributed by atoms with Crippen LogP contribution in [0.4, 0.5) is 0 Å². The second kappa shape index (κ2) is 4.71. The van der Waals surface area contributed by atoms with Gasteiger partial charge in [0.15, 0.2) is 5.60 Å². The molecule has 0 N–H and O–H groups in total. The summed E-state index contributed by atoms with van der Waals surface area (Å²) in [5.74, 6) is 0.0931. The van der Waals surface area contributed by atoms with Gasteiger partial charge in [-0.1, -0.05) is 19.9 Å². The summed E-state index contributed by atoms with van der Waals surface area (Å²) in [7, 11) is 0. The Hall–Kier alpha value is -1.13. The molecule has 0 aliphatic carbocycles. The van der Waals surface area contributed by atoms with Crippen LogP contribution in [0, 0.1) is 11.1 Å². The monoisotopic (exact) mass is 277 g/mol. The van der Waals surface area contributed by atoms with E-state index in [9.17, 15) is 10.0 Å². The van der Waals surface area contributed by atoms with Gasteiger partial charge in [0, 0.05) is 18.1 Å². The molecule has 20 heavy (non-hydrogen) atoms. The highest BCUT2D eigenvalue weighted by Crippen LogP contribution is 2.46. The Kier molecular flexibility index (Phi) is 3.26. The van der Waals surface area contributed by atoms with Crippen LogP contribution in [0.2, 0.25) is 0 Å². The molecule has 0 aromatic rings. The van der Waals surface area contributed by atoms with Crippen LogP contribution in [0.25, 0.3) is 0 Å². The zero-order valence-electron chi connectivity index (χ0n) is 12.3. The zero-order chi connectivity index (χ0) is 14.4. The van der Waals surface area contributed by atoms with Crippen molar-refractivity contribution in [1.29, 1.82) is 0 Å². The molecule has 1 fully saturated rings. The van der Waals surface area contributed by atoms with E-state index in [2.05, 4.69) is 13.8 Å². The molecule has 1 unspecified atom stereocenters. The van der Waals surface area contributed by atoms with E-state index in [4.69, 9.17) is 4.74 Å². The van der Waals surface area contributed by atoms with Crippen molar-refractivity contribution in [3.63, 3.8) is 0 Å². The fourth-order valence-electron chi connectivity index (χ4n) is 4.17. The van der Waals surface area contributed by atoms with Crippen LogP contribution in [0.5, 0.6) is 0 Å². The average Bonchev–Trinajstić information content (AvgIpc) is 2.60. The number of carbonyl (C=O) groups excluding carboxylic acids is 1. The minimum atomic E-state index is -0.694. The molecule has 3 aliphatic heterocycles. The first-order valence-corrected chi connectivity index (χ1v) is 7.66. The van der Waals surface area contributed by atoms with Gasteiger partial charge >= 0.3 is 5.97 Å². The number of esters is 1. The standard InChI is InChI=1S/C16H23NO3/c1-12(2)11-16-13(10-15(18)20-16)6-5-9-17(19)8-4-3-7-14(16)17/h5-6,10,12,14H,3-4,7-9,11H2,1-2H3/t14-,16+,17?/m1/s1. The number of ether oxygens (including phenoxy) is 1. The Morgan fingerprint density at radius 1 is 1.50 bits per heavy atom.